The highest BCUT2D eigenvalue weighted by atomic mass is 35.5. The van der Waals surface area contributed by atoms with Crippen molar-refractivity contribution in [3.05, 3.63) is 53.6 Å². The zero-order valence-corrected chi connectivity index (χ0v) is 13.4. The number of ether oxygens (including phenoxy) is 3. The monoisotopic (exact) mass is 320 g/mol. The lowest BCUT2D eigenvalue weighted by Gasteiger charge is -2.21. The van der Waals surface area contributed by atoms with Crippen LogP contribution in [0, 0.1) is 0 Å². The first-order valence-corrected chi connectivity index (χ1v) is 7.14. The van der Waals surface area contributed by atoms with E-state index in [9.17, 15) is 4.79 Å². The molecule has 116 valence electrons. The summed E-state index contributed by atoms with van der Waals surface area (Å²) < 4.78 is 15.8. The number of halogens is 1. The van der Waals surface area contributed by atoms with E-state index in [4.69, 9.17) is 25.8 Å². The molecule has 0 aliphatic heterocycles. The Bertz CT molecular complexity index is 644. The largest absolute Gasteiger partial charge is 0.519 e. The fraction of sp³-hybridized carbons (Fsp3) is 0.235. The summed E-state index contributed by atoms with van der Waals surface area (Å²) in [5.74, 6) is 1.31. The van der Waals surface area contributed by atoms with Gasteiger partial charge in [-0.2, -0.15) is 0 Å². The van der Waals surface area contributed by atoms with E-state index in [0.717, 1.165) is 0 Å². The van der Waals surface area contributed by atoms with Gasteiger partial charge in [0.1, 0.15) is 17.1 Å². The van der Waals surface area contributed by atoms with Crippen LogP contribution in [0.3, 0.4) is 0 Å². The molecule has 0 bridgehead atoms. The van der Waals surface area contributed by atoms with Crippen LogP contribution >= 0.6 is 11.6 Å². The summed E-state index contributed by atoms with van der Waals surface area (Å²) in [6, 6.07) is 13.4. The van der Waals surface area contributed by atoms with E-state index in [1.165, 1.54) is 0 Å². The predicted octanol–water partition coefficient (Wildman–Crippen LogP) is 5.10. The predicted molar refractivity (Wildman–Crippen MR) is 84.9 cm³/mol. The van der Waals surface area contributed by atoms with Gasteiger partial charge in [-0.1, -0.05) is 23.7 Å². The number of hydrogen-bond donors (Lipinski definition) is 0. The minimum absolute atomic E-state index is 0.252. The molecule has 0 saturated carbocycles. The van der Waals surface area contributed by atoms with Gasteiger partial charge >= 0.3 is 6.16 Å². The van der Waals surface area contributed by atoms with E-state index < -0.39 is 6.16 Å². The van der Waals surface area contributed by atoms with E-state index in [1.807, 2.05) is 20.8 Å². The van der Waals surface area contributed by atoms with Crippen molar-refractivity contribution in [1.82, 2.24) is 0 Å². The fourth-order valence-electron chi connectivity index (χ4n) is 1.66. The van der Waals surface area contributed by atoms with Crippen molar-refractivity contribution >= 4 is 17.8 Å². The molecule has 0 radical (unpaired) electrons. The Balaban J connectivity index is 1.96. The van der Waals surface area contributed by atoms with Crippen molar-refractivity contribution in [2.24, 2.45) is 0 Å². The van der Waals surface area contributed by atoms with Gasteiger partial charge in [0.25, 0.3) is 0 Å². The Morgan fingerprint density at radius 3 is 2.09 bits per heavy atom. The van der Waals surface area contributed by atoms with E-state index >= 15 is 0 Å². The normalized spacial score (nSPS) is 10.9. The number of para-hydroxylation sites is 1. The molecular weight excluding hydrogens is 304 g/mol. The fourth-order valence-corrected chi connectivity index (χ4v) is 1.84. The zero-order valence-electron chi connectivity index (χ0n) is 12.6. The van der Waals surface area contributed by atoms with Gasteiger partial charge in [0.05, 0.1) is 5.02 Å². The van der Waals surface area contributed by atoms with Crippen LogP contribution in [0.5, 0.6) is 17.2 Å². The molecule has 0 aromatic heterocycles. The van der Waals surface area contributed by atoms with Crippen LogP contribution in [0.15, 0.2) is 48.5 Å². The molecular formula is C17H17ClO4. The van der Waals surface area contributed by atoms with Crippen LogP contribution < -0.4 is 14.2 Å². The van der Waals surface area contributed by atoms with Crippen LogP contribution in [-0.2, 0) is 0 Å². The third-order valence-corrected chi connectivity index (χ3v) is 2.79. The van der Waals surface area contributed by atoms with E-state index in [2.05, 4.69) is 0 Å². The third kappa shape index (κ3) is 4.97. The van der Waals surface area contributed by atoms with Crippen LogP contribution in [0.25, 0.3) is 0 Å². The number of carbonyl (C=O) groups is 1. The lowest BCUT2D eigenvalue weighted by Crippen LogP contribution is -2.22. The number of hydrogen-bond acceptors (Lipinski definition) is 4. The summed E-state index contributed by atoms with van der Waals surface area (Å²) in [5.41, 5.74) is -0.286. The molecule has 22 heavy (non-hydrogen) atoms. The molecule has 2 aromatic rings. The molecule has 5 heteroatoms. The molecule has 0 aliphatic carbocycles. The second kappa shape index (κ2) is 6.71. The first-order chi connectivity index (χ1) is 10.3. The van der Waals surface area contributed by atoms with Gasteiger partial charge in [-0.05, 0) is 57.2 Å². The number of rotatable bonds is 3. The van der Waals surface area contributed by atoms with Crippen molar-refractivity contribution in [3.8, 4) is 17.2 Å². The smallest absolute Gasteiger partial charge is 0.488 e. The van der Waals surface area contributed by atoms with Gasteiger partial charge in [-0.15, -0.1) is 0 Å². The molecule has 0 N–H and O–H groups in total. The second-order valence-corrected chi connectivity index (χ2v) is 5.98. The number of carbonyl (C=O) groups excluding carboxylic acids is 1. The Labute approximate surface area is 134 Å². The summed E-state index contributed by atoms with van der Waals surface area (Å²) in [7, 11) is 0. The quantitative estimate of drug-likeness (QED) is 0.583. The Morgan fingerprint density at radius 2 is 1.50 bits per heavy atom. The SMILES string of the molecule is CC(C)(C)Oc1ccc(OC(=O)Oc2ccccc2Cl)cc1. The highest BCUT2D eigenvalue weighted by Crippen LogP contribution is 2.25. The molecule has 0 heterocycles. The Hall–Kier alpha value is -2.20. The summed E-state index contributed by atoms with van der Waals surface area (Å²) in [4.78, 5) is 11.7. The highest BCUT2D eigenvalue weighted by molar-refractivity contribution is 6.32. The van der Waals surface area contributed by atoms with Crippen molar-refractivity contribution in [1.29, 1.82) is 0 Å². The van der Waals surface area contributed by atoms with Crippen molar-refractivity contribution in [2.75, 3.05) is 0 Å². The van der Waals surface area contributed by atoms with Gasteiger partial charge in [0, 0.05) is 0 Å². The molecule has 0 unspecified atom stereocenters. The van der Waals surface area contributed by atoms with E-state index in [-0.39, 0.29) is 11.4 Å². The average molecular weight is 321 g/mol. The summed E-state index contributed by atoms with van der Waals surface area (Å²) in [5, 5.41) is 0.341. The van der Waals surface area contributed by atoms with Crippen molar-refractivity contribution in [3.63, 3.8) is 0 Å². The molecule has 4 nitrogen and oxygen atoms in total. The topological polar surface area (TPSA) is 44.8 Å². The van der Waals surface area contributed by atoms with Crippen LogP contribution in [0.2, 0.25) is 5.02 Å². The number of benzene rings is 2. The first-order valence-electron chi connectivity index (χ1n) is 6.77. The summed E-state index contributed by atoms with van der Waals surface area (Å²) >= 11 is 5.90. The van der Waals surface area contributed by atoms with Gasteiger partial charge in [0.2, 0.25) is 0 Å². The standard InChI is InChI=1S/C17H17ClO4/c1-17(2,3)22-13-10-8-12(9-11-13)20-16(19)21-15-7-5-4-6-14(15)18/h4-11H,1-3H3. The van der Waals surface area contributed by atoms with E-state index in [0.29, 0.717) is 16.5 Å². The van der Waals surface area contributed by atoms with Gasteiger partial charge < -0.3 is 14.2 Å². The van der Waals surface area contributed by atoms with Crippen LogP contribution in [0.1, 0.15) is 20.8 Å². The van der Waals surface area contributed by atoms with Crippen LogP contribution in [-0.4, -0.2) is 11.8 Å². The average Bonchev–Trinajstić information content (AvgIpc) is 2.42. The Kier molecular flexibility index (Phi) is 4.93. The summed E-state index contributed by atoms with van der Waals surface area (Å²) in [6.07, 6.45) is -0.849. The maximum absolute atomic E-state index is 11.7. The summed E-state index contributed by atoms with van der Waals surface area (Å²) in [6.45, 7) is 5.87. The lowest BCUT2D eigenvalue weighted by molar-refractivity contribution is 0.130. The third-order valence-electron chi connectivity index (χ3n) is 2.48. The molecule has 0 atom stereocenters. The molecule has 0 fully saturated rings. The second-order valence-electron chi connectivity index (χ2n) is 5.57. The molecule has 2 rings (SSSR count). The van der Waals surface area contributed by atoms with E-state index in [1.54, 1.807) is 48.5 Å². The van der Waals surface area contributed by atoms with Crippen LogP contribution in [0.4, 0.5) is 4.79 Å². The minimum atomic E-state index is -0.849. The highest BCUT2D eigenvalue weighted by Gasteiger charge is 2.13. The Morgan fingerprint density at radius 1 is 0.909 bits per heavy atom. The van der Waals surface area contributed by atoms with Crippen molar-refractivity contribution in [2.45, 2.75) is 26.4 Å². The molecule has 0 spiro atoms. The minimum Gasteiger partial charge on any atom is -0.488 e. The molecule has 0 aliphatic rings. The van der Waals surface area contributed by atoms with Gasteiger partial charge in [-0.25, -0.2) is 4.79 Å². The van der Waals surface area contributed by atoms with Crippen molar-refractivity contribution < 1.29 is 19.0 Å². The molecule has 0 saturated heterocycles. The van der Waals surface area contributed by atoms with Gasteiger partial charge in [-0.3, -0.25) is 0 Å². The molecule has 2 aromatic carbocycles. The lowest BCUT2D eigenvalue weighted by atomic mass is 10.2. The maximum atomic E-state index is 11.7. The zero-order chi connectivity index (χ0) is 16.2. The molecule has 0 amide bonds. The maximum Gasteiger partial charge on any atom is 0.519 e. The van der Waals surface area contributed by atoms with Gasteiger partial charge in [0.15, 0.2) is 5.75 Å². The first kappa shape index (κ1) is 16.2.